The van der Waals surface area contributed by atoms with Crippen LogP contribution in [0.1, 0.15) is 83.9 Å². The Labute approximate surface area is 245 Å². The van der Waals surface area contributed by atoms with E-state index in [0.717, 1.165) is 16.7 Å². The summed E-state index contributed by atoms with van der Waals surface area (Å²) in [5, 5.41) is 0. The van der Waals surface area contributed by atoms with Crippen LogP contribution in [-0.4, -0.2) is 70.3 Å². The summed E-state index contributed by atoms with van der Waals surface area (Å²) >= 11 is -3.41. The number of amides is 2. The average molecular weight is 675 g/mol. The van der Waals surface area contributed by atoms with Crippen molar-refractivity contribution >= 4 is 44.8 Å². The van der Waals surface area contributed by atoms with E-state index in [9.17, 15) is 19.2 Å². The number of hydrogen-bond donors (Lipinski definition) is 0. The van der Waals surface area contributed by atoms with Crippen LogP contribution in [0.25, 0.3) is 0 Å². The second kappa shape index (κ2) is 12.5. The van der Waals surface area contributed by atoms with Gasteiger partial charge in [0.15, 0.2) is 0 Å². The zero-order chi connectivity index (χ0) is 30.0. The van der Waals surface area contributed by atoms with Gasteiger partial charge < -0.3 is 0 Å². The van der Waals surface area contributed by atoms with E-state index in [4.69, 9.17) is 15.6 Å². The number of aryl methyl sites for hydroxylation is 3. The van der Waals surface area contributed by atoms with E-state index >= 15 is 0 Å². The Morgan fingerprint density at radius 1 is 0.725 bits per heavy atom. The molecule has 0 saturated carbocycles. The van der Waals surface area contributed by atoms with E-state index in [1.165, 1.54) is 9.80 Å². The van der Waals surface area contributed by atoms with Gasteiger partial charge in [-0.3, -0.25) is 0 Å². The third-order valence-electron chi connectivity index (χ3n) is 6.33. The molecule has 11 heteroatoms. The van der Waals surface area contributed by atoms with Crippen LogP contribution in [0.3, 0.4) is 0 Å². The van der Waals surface area contributed by atoms with Gasteiger partial charge in [-0.05, 0) is 0 Å². The molecule has 0 spiro atoms. The van der Waals surface area contributed by atoms with Crippen molar-refractivity contribution in [1.82, 2.24) is 9.80 Å². The van der Waals surface area contributed by atoms with E-state index in [0.29, 0.717) is 42.3 Å². The number of nitrogens with zero attached hydrogens (tertiary/aromatic N) is 2. The van der Waals surface area contributed by atoms with Gasteiger partial charge in [0.2, 0.25) is 0 Å². The summed E-state index contributed by atoms with van der Waals surface area (Å²) in [6.45, 7) is 17.1. The van der Waals surface area contributed by atoms with Crippen LogP contribution in [0.15, 0.2) is 12.1 Å². The van der Waals surface area contributed by atoms with Crippen LogP contribution in [-0.2, 0) is 25.2 Å². The molecule has 2 fully saturated rings. The fourth-order valence-corrected chi connectivity index (χ4v) is 8.45. The molecule has 0 unspecified atom stereocenters. The molecule has 224 valence electrons. The Morgan fingerprint density at radius 3 is 1.45 bits per heavy atom. The van der Waals surface area contributed by atoms with Crippen molar-refractivity contribution in [3.63, 3.8) is 0 Å². The van der Waals surface area contributed by atoms with Crippen molar-refractivity contribution in [3.8, 4) is 0 Å². The Kier molecular flexibility index (Phi) is 10.0. The summed E-state index contributed by atoms with van der Waals surface area (Å²) in [5.41, 5.74) is 1.33. The van der Waals surface area contributed by atoms with Gasteiger partial charge in [-0.1, -0.05) is 0 Å². The van der Waals surface area contributed by atoms with Crippen LogP contribution < -0.4 is 0 Å². The van der Waals surface area contributed by atoms with Crippen molar-refractivity contribution in [2.45, 2.75) is 111 Å². The first-order valence-corrected chi connectivity index (χ1v) is 16.5. The second-order valence-corrected chi connectivity index (χ2v) is 15.6. The van der Waals surface area contributed by atoms with Crippen LogP contribution in [0.2, 0.25) is 0 Å². The van der Waals surface area contributed by atoms with Crippen molar-refractivity contribution < 1.29 is 34.8 Å². The minimum atomic E-state index is -3.41. The number of rotatable bonds is 5. The molecular formula is C29H43IN2O8. The van der Waals surface area contributed by atoms with E-state index in [-0.39, 0.29) is 0 Å². The van der Waals surface area contributed by atoms with Crippen molar-refractivity contribution in [3.05, 3.63) is 32.4 Å². The van der Waals surface area contributed by atoms with Gasteiger partial charge in [-0.2, -0.15) is 0 Å². The number of carbonyl (C=O) groups is 4. The molecule has 2 atom stereocenters. The summed E-state index contributed by atoms with van der Waals surface area (Å²) in [4.78, 5) is 55.4. The van der Waals surface area contributed by atoms with Crippen LogP contribution >= 0.6 is 20.6 Å². The molecule has 2 saturated heterocycles. The summed E-state index contributed by atoms with van der Waals surface area (Å²) in [5.74, 6) is -1.23. The Morgan fingerprint density at radius 2 is 1.10 bits per heavy atom. The van der Waals surface area contributed by atoms with Gasteiger partial charge in [-0.15, -0.1) is 0 Å². The second-order valence-electron chi connectivity index (χ2n) is 12.4. The normalized spacial score (nSPS) is 19.8. The molecule has 3 rings (SSSR count). The van der Waals surface area contributed by atoms with E-state index < -0.39 is 68.1 Å². The Hall–Kier alpha value is -2.57. The standard InChI is InChI=1S/C29H43IN2O8/c1-18-16-19(2)23(20(3)17-18)30(39-24(33)21-12-10-14-31(21)26(35)37-28(4,5)6)40-25(34)22-13-11-15-32(22)27(36)38-29(7,8)9/h16-17,21-22H,10-15H2,1-9H3/t21-,22-/m0/s1. The molecule has 0 aromatic heterocycles. The van der Waals surface area contributed by atoms with Gasteiger partial charge in [0, 0.05) is 0 Å². The summed E-state index contributed by atoms with van der Waals surface area (Å²) in [6.07, 6.45) is 0.954. The van der Waals surface area contributed by atoms with Crippen LogP contribution in [0.5, 0.6) is 0 Å². The SMILES string of the molecule is Cc1cc(C)c(I(OC(=O)[C@@H]2CCCN2C(=O)OC(C)(C)C)OC(=O)[C@@H]2CCCN2C(=O)OC(C)(C)C)c(C)c1. The molecule has 1 aromatic carbocycles. The van der Waals surface area contributed by atoms with Gasteiger partial charge in [-0.25, -0.2) is 0 Å². The molecule has 2 aliphatic heterocycles. The van der Waals surface area contributed by atoms with Crippen LogP contribution in [0, 0.1) is 24.3 Å². The van der Waals surface area contributed by atoms with Crippen LogP contribution in [0.4, 0.5) is 9.59 Å². The average Bonchev–Trinajstić information content (AvgIpc) is 3.46. The fraction of sp³-hybridized carbons (Fsp3) is 0.655. The Bertz CT molecular complexity index is 1060. The Balaban J connectivity index is 1.86. The van der Waals surface area contributed by atoms with Gasteiger partial charge >= 0.3 is 246 Å². The van der Waals surface area contributed by atoms with Gasteiger partial charge in [0.25, 0.3) is 0 Å². The first-order chi connectivity index (χ1) is 18.5. The predicted octanol–water partition coefficient (Wildman–Crippen LogP) is 6.00. The maximum absolute atomic E-state index is 13.5. The van der Waals surface area contributed by atoms with Gasteiger partial charge in [0.1, 0.15) is 0 Å². The molecule has 10 nitrogen and oxygen atoms in total. The molecule has 0 aliphatic carbocycles. The molecular weight excluding hydrogens is 631 g/mol. The number of ether oxygens (including phenoxy) is 2. The first-order valence-electron chi connectivity index (χ1n) is 13.7. The zero-order valence-electron chi connectivity index (χ0n) is 25.1. The molecule has 0 radical (unpaired) electrons. The quantitative estimate of drug-likeness (QED) is 0.350. The number of halogens is 1. The summed E-state index contributed by atoms with van der Waals surface area (Å²) in [6, 6.07) is 2.26. The maximum atomic E-state index is 13.5. The topological polar surface area (TPSA) is 112 Å². The summed E-state index contributed by atoms with van der Waals surface area (Å²) < 4.78 is 23.8. The zero-order valence-corrected chi connectivity index (χ0v) is 27.2. The molecule has 2 aliphatic rings. The first kappa shape index (κ1) is 32.0. The number of carbonyl (C=O) groups excluding carboxylic acids is 4. The monoisotopic (exact) mass is 674 g/mol. The van der Waals surface area contributed by atoms with E-state index in [2.05, 4.69) is 0 Å². The fourth-order valence-electron chi connectivity index (χ4n) is 4.84. The third kappa shape index (κ3) is 8.23. The van der Waals surface area contributed by atoms with E-state index in [1.54, 1.807) is 41.5 Å². The van der Waals surface area contributed by atoms with E-state index in [1.807, 2.05) is 32.9 Å². The molecule has 40 heavy (non-hydrogen) atoms. The number of hydrogen-bond acceptors (Lipinski definition) is 8. The minimum absolute atomic E-state index is 0.373. The van der Waals surface area contributed by atoms with Crippen molar-refractivity contribution in [2.75, 3.05) is 13.1 Å². The summed E-state index contributed by atoms with van der Waals surface area (Å²) in [7, 11) is 0. The number of likely N-dealkylation sites (tertiary alicyclic amines) is 2. The van der Waals surface area contributed by atoms with Crippen molar-refractivity contribution in [2.24, 2.45) is 0 Å². The molecule has 1 aromatic rings. The van der Waals surface area contributed by atoms with Gasteiger partial charge in [0.05, 0.1) is 0 Å². The molecule has 0 bridgehead atoms. The third-order valence-corrected chi connectivity index (χ3v) is 10.6. The molecule has 2 heterocycles. The molecule has 0 N–H and O–H groups in total. The molecule has 2 amide bonds. The van der Waals surface area contributed by atoms with Crippen molar-refractivity contribution in [1.29, 1.82) is 0 Å². The number of benzene rings is 1. The predicted molar refractivity (Wildman–Crippen MR) is 157 cm³/mol.